The molecule has 0 unspecified atom stereocenters. The first kappa shape index (κ1) is 19.4. The first-order chi connectivity index (χ1) is 13.4. The molecule has 0 N–H and O–H groups in total. The van der Waals surface area contributed by atoms with E-state index in [1.165, 1.54) is 24.3 Å². The number of rotatable bonds is 6. The highest BCUT2D eigenvalue weighted by Gasteiger charge is 2.36. The van der Waals surface area contributed by atoms with Gasteiger partial charge in [-0.25, -0.2) is 0 Å². The van der Waals surface area contributed by atoms with Crippen molar-refractivity contribution in [1.82, 2.24) is 4.90 Å². The van der Waals surface area contributed by atoms with E-state index in [2.05, 4.69) is 0 Å². The van der Waals surface area contributed by atoms with Crippen LogP contribution in [0.4, 0.5) is 10.5 Å². The lowest BCUT2D eigenvalue weighted by Gasteiger charge is -2.10. The number of esters is 1. The van der Waals surface area contributed by atoms with Crippen LogP contribution < -0.4 is 0 Å². The molecule has 3 rings (SSSR count). The number of amides is 2. The van der Waals surface area contributed by atoms with Gasteiger partial charge in [-0.2, -0.15) is 0 Å². The summed E-state index contributed by atoms with van der Waals surface area (Å²) in [6, 6.07) is 9.17. The van der Waals surface area contributed by atoms with Crippen LogP contribution in [-0.2, 0) is 14.3 Å². The first-order valence-corrected chi connectivity index (χ1v) is 8.97. The van der Waals surface area contributed by atoms with Crippen LogP contribution in [-0.4, -0.2) is 40.1 Å². The molecule has 1 saturated heterocycles. The van der Waals surface area contributed by atoms with Crippen LogP contribution >= 0.6 is 11.8 Å². The number of carbonyl (C=O) groups is 3. The van der Waals surface area contributed by atoms with Gasteiger partial charge in [-0.1, -0.05) is 12.1 Å². The zero-order valence-electron chi connectivity index (χ0n) is 14.6. The average molecular weight is 402 g/mol. The minimum atomic E-state index is -0.678. The van der Waals surface area contributed by atoms with E-state index in [9.17, 15) is 24.5 Å². The van der Waals surface area contributed by atoms with E-state index in [1.807, 2.05) is 0 Å². The van der Waals surface area contributed by atoms with Gasteiger partial charge in [-0.3, -0.25) is 29.4 Å². The molecule has 9 nitrogen and oxygen atoms in total. The van der Waals surface area contributed by atoms with Gasteiger partial charge in [0.25, 0.3) is 16.8 Å². The van der Waals surface area contributed by atoms with Crippen molar-refractivity contribution < 1.29 is 28.5 Å². The second kappa shape index (κ2) is 8.09. The molecule has 0 saturated carbocycles. The lowest BCUT2D eigenvalue weighted by Crippen LogP contribution is -2.34. The normalized spacial score (nSPS) is 15.3. The Hall–Kier alpha value is -3.40. The molecule has 1 fully saturated rings. The molecule has 0 aliphatic carbocycles. The molecule has 1 aliphatic rings. The van der Waals surface area contributed by atoms with E-state index in [1.54, 1.807) is 25.1 Å². The van der Waals surface area contributed by atoms with Gasteiger partial charge in [0.05, 0.1) is 22.0 Å². The van der Waals surface area contributed by atoms with Crippen LogP contribution in [0.15, 0.2) is 45.7 Å². The molecule has 10 heteroatoms. The Morgan fingerprint density at radius 2 is 2.04 bits per heavy atom. The Labute approximate surface area is 163 Å². The number of thioether (sulfide) groups is 1. The largest absolute Gasteiger partial charge is 0.465 e. The number of furan rings is 1. The highest BCUT2D eigenvalue weighted by molar-refractivity contribution is 8.18. The van der Waals surface area contributed by atoms with Crippen molar-refractivity contribution in [2.75, 3.05) is 13.2 Å². The minimum absolute atomic E-state index is 0.0813. The van der Waals surface area contributed by atoms with Crippen molar-refractivity contribution in [2.24, 2.45) is 0 Å². The zero-order valence-corrected chi connectivity index (χ0v) is 15.4. The number of ether oxygens (including phenoxy) is 1. The fourth-order valence-electron chi connectivity index (χ4n) is 2.52. The van der Waals surface area contributed by atoms with Crippen LogP contribution in [0.5, 0.6) is 0 Å². The van der Waals surface area contributed by atoms with Crippen molar-refractivity contribution in [3.63, 3.8) is 0 Å². The number of nitro benzene ring substituents is 1. The first-order valence-electron chi connectivity index (χ1n) is 8.15. The standard InChI is InChI=1S/C18H14N2O7S/c1-2-26-16(21)10-19-17(22)15(28-18(19)23)9-11-7-8-14(27-11)12-5-3-4-6-13(12)20(24)25/h3-9H,2,10H2,1H3. The molecule has 144 valence electrons. The van der Waals surface area contributed by atoms with Crippen molar-refractivity contribution in [1.29, 1.82) is 0 Å². The number of nitrogens with zero attached hydrogens (tertiary/aromatic N) is 2. The van der Waals surface area contributed by atoms with Gasteiger partial charge in [0, 0.05) is 12.1 Å². The molecule has 1 aromatic heterocycles. The summed E-state index contributed by atoms with van der Waals surface area (Å²) in [6.45, 7) is 1.30. The maximum absolute atomic E-state index is 12.4. The fourth-order valence-corrected chi connectivity index (χ4v) is 3.34. The summed E-state index contributed by atoms with van der Waals surface area (Å²) in [7, 11) is 0. The number of nitro groups is 1. The Bertz CT molecular complexity index is 995. The number of carbonyl (C=O) groups excluding carboxylic acids is 3. The Morgan fingerprint density at radius 1 is 1.29 bits per heavy atom. The van der Waals surface area contributed by atoms with Crippen molar-refractivity contribution >= 4 is 40.6 Å². The van der Waals surface area contributed by atoms with Gasteiger partial charge in [-0.05, 0) is 36.9 Å². The topological polar surface area (TPSA) is 120 Å². The quantitative estimate of drug-likeness (QED) is 0.312. The molecular formula is C18H14N2O7S. The number of para-hydroxylation sites is 1. The van der Waals surface area contributed by atoms with Crippen LogP contribution in [0.2, 0.25) is 0 Å². The third-order valence-corrected chi connectivity index (χ3v) is 4.64. The molecule has 0 atom stereocenters. The molecule has 2 aromatic rings. The number of hydrogen-bond donors (Lipinski definition) is 0. The van der Waals surface area contributed by atoms with Gasteiger partial charge in [0.1, 0.15) is 18.1 Å². The number of hydrogen-bond acceptors (Lipinski definition) is 8. The van der Waals surface area contributed by atoms with Crippen molar-refractivity contribution in [3.05, 3.63) is 57.2 Å². The van der Waals surface area contributed by atoms with Gasteiger partial charge < -0.3 is 9.15 Å². The molecule has 2 heterocycles. The van der Waals surface area contributed by atoms with Gasteiger partial charge in [0.15, 0.2) is 0 Å². The molecule has 2 amide bonds. The summed E-state index contributed by atoms with van der Waals surface area (Å²) in [5.74, 6) is -0.812. The zero-order chi connectivity index (χ0) is 20.3. The fraction of sp³-hybridized carbons (Fsp3) is 0.167. The smallest absolute Gasteiger partial charge is 0.326 e. The Balaban J connectivity index is 1.82. The highest BCUT2D eigenvalue weighted by atomic mass is 32.2. The summed E-state index contributed by atoms with van der Waals surface area (Å²) in [4.78, 5) is 47.4. The predicted octanol–water partition coefficient (Wildman–Crippen LogP) is 3.45. The van der Waals surface area contributed by atoms with E-state index >= 15 is 0 Å². The Kier molecular flexibility index (Phi) is 5.59. The number of imide groups is 1. The minimum Gasteiger partial charge on any atom is -0.465 e. The molecule has 0 spiro atoms. The lowest BCUT2D eigenvalue weighted by atomic mass is 10.1. The van der Waals surface area contributed by atoms with Gasteiger partial charge in [-0.15, -0.1) is 0 Å². The van der Waals surface area contributed by atoms with Crippen molar-refractivity contribution in [3.8, 4) is 11.3 Å². The molecule has 1 aliphatic heterocycles. The predicted molar refractivity (Wildman–Crippen MR) is 100 cm³/mol. The monoisotopic (exact) mass is 402 g/mol. The molecule has 0 radical (unpaired) electrons. The average Bonchev–Trinajstić information content (AvgIpc) is 3.22. The maximum Gasteiger partial charge on any atom is 0.326 e. The van der Waals surface area contributed by atoms with Crippen molar-refractivity contribution in [2.45, 2.75) is 6.92 Å². The molecule has 1 aromatic carbocycles. The van der Waals surface area contributed by atoms with Gasteiger partial charge in [0.2, 0.25) is 0 Å². The summed E-state index contributed by atoms with van der Waals surface area (Å²) in [6.07, 6.45) is 1.36. The maximum atomic E-state index is 12.4. The number of benzene rings is 1. The van der Waals surface area contributed by atoms with E-state index in [0.717, 1.165) is 4.90 Å². The SMILES string of the molecule is CCOC(=O)CN1C(=O)SC(=Cc2ccc(-c3ccccc3[N+](=O)[O-])o2)C1=O. The van der Waals surface area contributed by atoms with Crippen LogP contribution in [0.1, 0.15) is 12.7 Å². The highest BCUT2D eigenvalue weighted by Crippen LogP contribution is 2.35. The third kappa shape index (κ3) is 3.96. The van der Waals surface area contributed by atoms with E-state index in [0.29, 0.717) is 17.3 Å². The summed E-state index contributed by atoms with van der Waals surface area (Å²) < 4.78 is 10.3. The van der Waals surface area contributed by atoms with Crippen LogP contribution in [0.3, 0.4) is 0 Å². The summed E-state index contributed by atoms with van der Waals surface area (Å²) >= 11 is 0.672. The van der Waals surface area contributed by atoms with E-state index in [4.69, 9.17) is 9.15 Å². The van der Waals surface area contributed by atoms with E-state index in [-0.39, 0.29) is 28.7 Å². The molecule has 0 bridgehead atoms. The summed E-state index contributed by atoms with van der Waals surface area (Å²) in [5.41, 5.74) is 0.181. The summed E-state index contributed by atoms with van der Waals surface area (Å²) in [5, 5.41) is 10.6. The second-order valence-electron chi connectivity index (χ2n) is 5.55. The molecule has 28 heavy (non-hydrogen) atoms. The third-order valence-electron chi connectivity index (χ3n) is 3.73. The van der Waals surface area contributed by atoms with Crippen LogP contribution in [0, 0.1) is 10.1 Å². The lowest BCUT2D eigenvalue weighted by molar-refractivity contribution is -0.384. The van der Waals surface area contributed by atoms with Crippen LogP contribution in [0.25, 0.3) is 17.4 Å². The Morgan fingerprint density at radius 3 is 2.75 bits per heavy atom. The molecular weight excluding hydrogens is 388 g/mol. The second-order valence-corrected chi connectivity index (χ2v) is 6.54. The van der Waals surface area contributed by atoms with Gasteiger partial charge >= 0.3 is 5.97 Å². The van der Waals surface area contributed by atoms with E-state index < -0.39 is 28.6 Å².